The second-order valence-corrected chi connectivity index (χ2v) is 4.27. The second-order valence-electron chi connectivity index (χ2n) is 4.27. The number of nitrogens with zero attached hydrogens (tertiary/aromatic N) is 1. The molecule has 2 aromatic rings. The Kier molecular flexibility index (Phi) is 3.06. The molecule has 0 aliphatic carbocycles. The lowest BCUT2D eigenvalue weighted by atomic mass is 10.0. The van der Waals surface area contributed by atoms with Gasteiger partial charge in [0.1, 0.15) is 23.8 Å². The highest BCUT2D eigenvalue weighted by molar-refractivity contribution is 5.92. The smallest absolute Gasteiger partial charge is 0.356 e. The van der Waals surface area contributed by atoms with E-state index in [2.05, 4.69) is 10.2 Å². The summed E-state index contributed by atoms with van der Waals surface area (Å²) >= 11 is 0. The van der Waals surface area contributed by atoms with E-state index in [1.807, 2.05) is 18.2 Å². The number of H-pyrrole nitrogens is 1. The third-order valence-electron chi connectivity index (χ3n) is 3.16. The third-order valence-corrected chi connectivity index (χ3v) is 3.16. The molecule has 0 unspecified atom stereocenters. The van der Waals surface area contributed by atoms with Crippen LogP contribution in [0.15, 0.2) is 18.2 Å². The molecule has 2 heterocycles. The van der Waals surface area contributed by atoms with Crippen LogP contribution < -0.4 is 9.47 Å². The van der Waals surface area contributed by atoms with Gasteiger partial charge >= 0.3 is 5.97 Å². The van der Waals surface area contributed by atoms with E-state index in [0.717, 1.165) is 5.56 Å². The van der Waals surface area contributed by atoms with Crippen LogP contribution in [0, 0.1) is 0 Å². The van der Waals surface area contributed by atoms with Gasteiger partial charge in [0.2, 0.25) is 0 Å². The van der Waals surface area contributed by atoms with E-state index in [4.69, 9.17) is 14.2 Å². The lowest BCUT2D eigenvalue weighted by molar-refractivity contribution is 0.0516. The van der Waals surface area contributed by atoms with Crippen LogP contribution in [0.4, 0.5) is 0 Å². The third kappa shape index (κ3) is 1.80. The molecule has 0 bridgehead atoms. The molecule has 1 aromatic heterocycles. The van der Waals surface area contributed by atoms with Gasteiger partial charge in [0.15, 0.2) is 5.69 Å². The first-order valence-electron chi connectivity index (χ1n) is 6.30. The molecule has 1 N–H and O–H groups in total. The van der Waals surface area contributed by atoms with E-state index in [9.17, 15) is 4.79 Å². The number of fused-ring (bicyclic) bond motifs is 3. The van der Waals surface area contributed by atoms with Gasteiger partial charge in [-0.2, -0.15) is 5.10 Å². The van der Waals surface area contributed by atoms with Gasteiger partial charge in [-0.3, -0.25) is 5.10 Å². The van der Waals surface area contributed by atoms with Crippen molar-refractivity contribution in [2.45, 2.75) is 13.5 Å². The molecule has 6 heteroatoms. The summed E-state index contributed by atoms with van der Waals surface area (Å²) in [6.07, 6.45) is 0. The number of benzene rings is 1. The lowest BCUT2D eigenvalue weighted by Crippen LogP contribution is -2.12. The highest BCUT2D eigenvalue weighted by atomic mass is 16.5. The van der Waals surface area contributed by atoms with Gasteiger partial charge in [0.25, 0.3) is 0 Å². The van der Waals surface area contributed by atoms with Crippen molar-refractivity contribution in [1.82, 2.24) is 10.2 Å². The zero-order chi connectivity index (χ0) is 14.1. The maximum Gasteiger partial charge on any atom is 0.356 e. The number of hydrogen-bond donors (Lipinski definition) is 1. The zero-order valence-corrected chi connectivity index (χ0v) is 11.2. The lowest BCUT2D eigenvalue weighted by Gasteiger charge is -2.19. The van der Waals surface area contributed by atoms with Gasteiger partial charge in [-0.05, 0) is 19.1 Å². The fourth-order valence-corrected chi connectivity index (χ4v) is 2.27. The Labute approximate surface area is 115 Å². The summed E-state index contributed by atoms with van der Waals surface area (Å²) < 4.78 is 16.0. The van der Waals surface area contributed by atoms with Crippen molar-refractivity contribution in [1.29, 1.82) is 0 Å². The molecule has 0 saturated carbocycles. The zero-order valence-electron chi connectivity index (χ0n) is 11.2. The minimum atomic E-state index is -0.428. The number of carbonyl (C=O) groups excluding carboxylic acids is 1. The van der Waals surface area contributed by atoms with Gasteiger partial charge < -0.3 is 14.2 Å². The highest BCUT2D eigenvalue weighted by Gasteiger charge is 2.29. The molecule has 0 spiro atoms. The van der Waals surface area contributed by atoms with Crippen molar-refractivity contribution in [3.63, 3.8) is 0 Å². The normalized spacial score (nSPS) is 12.1. The molecule has 20 heavy (non-hydrogen) atoms. The van der Waals surface area contributed by atoms with Crippen LogP contribution in [0.25, 0.3) is 11.3 Å². The number of ether oxygens (including phenoxy) is 3. The summed E-state index contributed by atoms with van der Waals surface area (Å²) in [5, 5.41) is 6.96. The van der Waals surface area contributed by atoms with Crippen LogP contribution in [0.3, 0.4) is 0 Å². The van der Waals surface area contributed by atoms with E-state index in [-0.39, 0.29) is 6.61 Å². The molecular formula is C14H14N2O4. The number of hydrogen-bond acceptors (Lipinski definition) is 5. The highest BCUT2D eigenvalue weighted by Crippen LogP contribution is 2.43. The summed E-state index contributed by atoms with van der Waals surface area (Å²) in [6.45, 7) is 2.35. The Morgan fingerprint density at radius 2 is 2.35 bits per heavy atom. The maximum absolute atomic E-state index is 11.9. The first-order valence-corrected chi connectivity index (χ1v) is 6.30. The minimum absolute atomic E-state index is 0.278. The molecule has 1 aliphatic heterocycles. The Bertz CT molecular complexity index is 649. The Morgan fingerprint density at radius 3 is 3.10 bits per heavy atom. The van der Waals surface area contributed by atoms with Crippen molar-refractivity contribution < 1.29 is 19.0 Å². The molecule has 104 valence electrons. The summed E-state index contributed by atoms with van der Waals surface area (Å²) in [6, 6.07) is 5.52. The molecular weight excluding hydrogens is 260 g/mol. The van der Waals surface area contributed by atoms with Crippen molar-refractivity contribution >= 4 is 5.97 Å². The number of rotatable bonds is 3. The summed E-state index contributed by atoms with van der Waals surface area (Å²) in [5.74, 6) is 0.923. The maximum atomic E-state index is 11.9. The van der Waals surface area contributed by atoms with E-state index < -0.39 is 5.97 Å². The minimum Gasteiger partial charge on any atom is -0.496 e. The van der Waals surface area contributed by atoms with Crippen LogP contribution in [0.2, 0.25) is 0 Å². The first-order chi connectivity index (χ1) is 9.76. The van der Waals surface area contributed by atoms with Gasteiger partial charge in [0, 0.05) is 0 Å². The van der Waals surface area contributed by atoms with Crippen molar-refractivity contribution in [2.24, 2.45) is 0 Å². The summed E-state index contributed by atoms with van der Waals surface area (Å²) in [5.41, 5.74) is 2.45. The van der Waals surface area contributed by atoms with E-state index >= 15 is 0 Å². The number of aromatic nitrogens is 2. The van der Waals surface area contributed by atoms with Crippen LogP contribution in [-0.4, -0.2) is 29.9 Å². The fourth-order valence-electron chi connectivity index (χ4n) is 2.27. The molecule has 0 radical (unpaired) electrons. The largest absolute Gasteiger partial charge is 0.496 e. The van der Waals surface area contributed by atoms with Gasteiger partial charge in [0.05, 0.1) is 24.8 Å². The van der Waals surface area contributed by atoms with Crippen LogP contribution in [0.5, 0.6) is 11.5 Å². The average Bonchev–Trinajstić information content (AvgIpc) is 2.90. The van der Waals surface area contributed by atoms with Crippen LogP contribution in [-0.2, 0) is 11.3 Å². The fraction of sp³-hybridized carbons (Fsp3) is 0.286. The Morgan fingerprint density at radius 1 is 1.50 bits per heavy atom. The Balaban J connectivity index is 2.12. The standard InChI is InChI=1S/C14H14N2O4/c1-3-19-14(17)13-8-7-20-10-6-4-5-9(18-2)11(10)12(8)15-16-13/h4-6H,3,7H2,1-2H3,(H,15,16). The number of esters is 1. The molecule has 0 amide bonds. The van der Waals surface area contributed by atoms with E-state index in [1.54, 1.807) is 14.0 Å². The van der Waals surface area contributed by atoms with Gasteiger partial charge in [-0.1, -0.05) is 6.07 Å². The monoisotopic (exact) mass is 274 g/mol. The number of nitrogens with one attached hydrogen (secondary N) is 1. The predicted molar refractivity (Wildman–Crippen MR) is 70.9 cm³/mol. The van der Waals surface area contributed by atoms with Crippen molar-refractivity contribution in [2.75, 3.05) is 13.7 Å². The number of aromatic amines is 1. The first kappa shape index (κ1) is 12.5. The van der Waals surface area contributed by atoms with E-state index in [0.29, 0.717) is 35.1 Å². The molecule has 1 aromatic carbocycles. The van der Waals surface area contributed by atoms with Gasteiger partial charge in [-0.25, -0.2) is 4.79 Å². The molecule has 6 nitrogen and oxygen atoms in total. The summed E-state index contributed by atoms with van der Waals surface area (Å²) in [7, 11) is 1.59. The Hall–Kier alpha value is -2.50. The van der Waals surface area contributed by atoms with Crippen LogP contribution >= 0.6 is 0 Å². The molecule has 0 atom stereocenters. The molecule has 0 fully saturated rings. The van der Waals surface area contributed by atoms with Crippen molar-refractivity contribution in [3.8, 4) is 22.8 Å². The topological polar surface area (TPSA) is 73.4 Å². The SMILES string of the molecule is CCOC(=O)c1[nH]nc2c1COc1cccc(OC)c1-2. The number of carbonyl (C=O) groups is 1. The number of methoxy groups -OCH3 is 1. The summed E-state index contributed by atoms with van der Waals surface area (Å²) in [4.78, 5) is 11.9. The average molecular weight is 274 g/mol. The van der Waals surface area contributed by atoms with Crippen LogP contribution in [0.1, 0.15) is 23.0 Å². The van der Waals surface area contributed by atoms with E-state index in [1.165, 1.54) is 0 Å². The molecule has 3 rings (SSSR count). The quantitative estimate of drug-likeness (QED) is 0.868. The molecule has 0 saturated heterocycles. The van der Waals surface area contributed by atoms with Crippen molar-refractivity contribution in [3.05, 3.63) is 29.5 Å². The molecule has 1 aliphatic rings. The predicted octanol–water partition coefficient (Wildman–Crippen LogP) is 2.15. The van der Waals surface area contributed by atoms with Gasteiger partial charge in [-0.15, -0.1) is 0 Å². The second kappa shape index (κ2) is 4.88.